The molecule has 0 unspecified atom stereocenters. The van der Waals surface area contributed by atoms with Gasteiger partial charge in [-0.05, 0) is 68.2 Å². The van der Waals surface area contributed by atoms with E-state index in [9.17, 15) is 0 Å². The van der Waals surface area contributed by atoms with Gasteiger partial charge in [-0.3, -0.25) is 0 Å². The Hall–Kier alpha value is -0.830. The van der Waals surface area contributed by atoms with Gasteiger partial charge >= 0.3 is 0 Å². The van der Waals surface area contributed by atoms with Gasteiger partial charge in [-0.2, -0.15) is 0 Å². The van der Waals surface area contributed by atoms with E-state index in [2.05, 4.69) is 4.98 Å². The van der Waals surface area contributed by atoms with E-state index in [4.69, 9.17) is 10.2 Å². The van der Waals surface area contributed by atoms with Crippen LogP contribution in [0, 0.1) is 29.6 Å². The number of rotatable bonds is 4. The molecule has 4 aliphatic carbocycles. The van der Waals surface area contributed by atoms with E-state index >= 15 is 0 Å². The van der Waals surface area contributed by atoms with Crippen molar-refractivity contribution >= 4 is 0 Å². The van der Waals surface area contributed by atoms with Gasteiger partial charge in [0.15, 0.2) is 5.89 Å². The highest BCUT2D eigenvalue weighted by Gasteiger charge is 2.48. The largest absolute Gasteiger partial charge is 0.446 e. The highest BCUT2D eigenvalue weighted by Crippen LogP contribution is 2.57. The van der Waals surface area contributed by atoms with Crippen molar-refractivity contribution in [1.82, 2.24) is 4.98 Å². The van der Waals surface area contributed by atoms with Gasteiger partial charge in [-0.15, -0.1) is 0 Å². The molecule has 2 N–H and O–H groups in total. The molecule has 4 saturated carbocycles. The van der Waals surface area contributed by atoms with E-state index in [0.29, 0.717) is 6.54 Å². The zero-order chi connectivity index (χ0) is 12.8. The first-order chi connectivity index (χ1) is 9.31. The van der Waals surface area contributed by atoms with Gasteiger partial charge < -0.3 is 10.2 Å². The summed E-state index contributed by atoms with van der Waals surface area (Å²) in [7, 11) is 0. The van der Waals surface area contributed by atoms with Gasteiger partial charge in [0.1, 0.15) is 5.76 Å². The smallest absolute Gasteiger partial charge is 0.194 e. The number of oxazole rings is 1. The summed E-state index contributed by atoms with van der Waals surface area (Å²) in [5, 5.41) is 0. The van der Waals surface area contributed by atoms with E-state index < -0.39 is 0 Å². The Labute approximate surface area is 115 Å². The highest BCUT2D eigenvalue weighted by atomic mass is 16.4. The zero-order valence-electron chi connectivity index (χ0n) is 11.6. The van der Waals surface area contributed by atoms with Crippen molar-refractivity contribution in [1.29, 1.82) is 0 Å². The van der Waals surface area contributed by atoms with Gasteiger partial charge in [0.05, 0.1) is 6.20 Å². The second-order valence-electron chi connectivity index (χ2n) is 7.06. The Bertz CT molecular complexity index is 425. The first kappa shape index (κ1) is 12.0. The zero-order valence-corrected chi connectivity index (χ0v) is 11.6. The molecular weight excluding hydrogens is 236 g/mol. The number of nitrogens with zero attached hydrogens (tertiary/aromatic N) is 1. The minimum absolute atomic E-state index is 0.646. The van der Waals surface area contributed by atoms with Crippen LogP contribution in [0.1, 0.15) is 43.8 Å². The SMILES string of the molecule is NCCc1cnc(CC2C3CC4CC(C3)CC2C4)o1. The predicted molar refractivity (Wildman–Crippen MR) is 73.5 cm³/mol. The monoisotopic (exact) mass is 260 g/mol. The lowest BCUT2D eigenvalue weighted by atomic mass is 9.51. The molecule has 0 aliphatic heterocycles. The van der Waals surface area contributed by atoms with E-state index in [-0.39, 0.29) is 0 Å². The first-order valence-electron chi connectivity index (χ1n) is 7.95. The maximum Gasteiger partial charge on any atom is 0.194 e. The van der Waals surface area contributed by atoms with Crippen molar-refractivity contribution < 1.29 is 4.42 Å². The number of nitrogens with two attached hydrogens (primary N) is 1. The summed E-state index contributed by atoms with van der Waals surface area (Å²) < 4.78 is 5.84. The molecule has 3 nitrogen and oxygen atoms in total. The summed E-state index contributed by atoms with van der Waals surface area (Å²) in [4.78, 5) is 4.46. The molecule has 0 radical (unpaired) electrons. The maximum atomic E-state index is 5.84. The summed E-state index contributed by atoms with van der Waals surface area (Å²) in [6.07, 6.45) is 11.2. The minimum Gasteiger partial charge on any atom is -0.446 e. The fourth-order valence-electron chi connectivity index (χ4n) is 5.27. The van der Waals surface area contributed by atoms with Crippen LogP contribution in [0.4, 0.5) is 0 Å². The third-order valence-electron chi connectivity index (χ3n) is 5.82. The molecule has 1 aromatic rings. The molecule has 0 aromatic carbocycles. The van der Waals surface area contributed by atoms with E-state index in [0.717, 1.165) is 54.1 Å². The molecule has 1 heterocycles. The summed E-state index contributed by atoms with van der Waals surface area (Å²) in [6, 6.07) is 0. The van der Waals surface area contributed by atoms with Crippen LogP contribution in [-0.2, 0) is 12.8 Å². The van der Waals surface area contributed by atoms with E-state index in [1.54, 1.807) is 0 Å². The number of hydrogen-bond donors (Lipinski definition) is 1. The Morgan fingerprint density at radius 3 is 2.42 bits per heavy atom. The molecule has 4 fully saturated rings. The van der Waals surface area contributed by atoms with E-state index in [1.165, 1.54) is 32.1 Å². The fraction of sp³-hybridized carbons (Fsp3) is 0.812. The molecule has 4 aliphatic rings. The lowest BCUT2D eigenvalue weighted by molar-refractivity contribution is -0.0382. The fourth-order valence-corrected chi connectivity index (χ4v) is 5.27. The van der Waals surface area contributed by atoms with Crippen LogP contribution in [0.5, 0.6) is 0 Å². The summed E-state index contributed by atoms with van der Waals surface area (Å²) in [6.45, 7) is 0.646. The van der Waals surface area contributed by atoms with Crippen LogP contribution in [0.25, 0.3) is 0 Å². The normalized spacial score (nSPS) is 39.9. The predicted octanol–water partition coefficient (Wildman–Crippen LogP) is 2.79. The second-order valence-corrected chi connectivity index (χ2v) is 7.06. The van der Waals surface area contributed by atoms with Crippen LogP contribution < -0.4 is 5.73 Å². The lowest BCUT2D eigenvalue weighted by Crippen LogP contribution is -2.45. The van der Waals surface area contributed by atoms with Crippen molar-refractivity contribution in [2.24, 2.45) is 35.3 Å². The highest BCUT2D eigenvalue weighted by molar-refractivity contribution is 5.02. The van der Waals surface area contributed by atoms with Crippen LogP contribution in [-0.4, -0.2) is 11.5 Å². The van der Waals surface area contributed by atoms with Gasteiger partial charge in [0.2, 0.25) is 0 Å². The molecule has 0 amide bonds. The average Bonchev–Trinajstić information content (AvgIpc) is 2.81. The summed E-state index contributed by atoms with van der Waals surface area (Å²) in [5.41, 5.74) is 5.56. The quantitative estimate of drug-likeness (QED) is 0.905. The second kappa shape index (κ2) is 4.62. The number of hydrogen-bond acceptors (Lipinski definition) is 3. The number of aromatic nitrogens is 1. The van der Waals surface area contributed by atoms with Crippen LogP contribution in [0.3, 0.4) is 0 Å². The lowest BCUT2D eigenvalue weighted by Gasteiger charge is -2.54. The Morgan fingerprint density at radius 1 is 1.11 bits per heavy atom. The van der Waals surface area contributed by atoms with Crippen molar-refractivity contribution in [3.8, 4) is 0 Å². The topological polar surface area (TPSA) is 52.0 Å². The molecule has 0 spiro atoms. The van der Waals surface area contributed by atoms with Crippen LogP contribution in [0.2, 0.25) is 0 Å². The van der Waals surface area contributed by atoms with Crippen molar-refractivity contribution in [2.75, 3.05) is 6.54 Å². The van der Waals surface area contributed by atoms with Crippen molar-refractivity contribution in [3.05, 3.63) is 17.8 Å². The Balaban J connectivity index is 1.47. The van der Waals surface area contributed by atoms with Crippen LogP contribution >= 0.6 is 0 Å². The van der Waals surface area contributed by atoms with Crippen molar-refractivity contribution in [2.45, 2.75) is 44.9 Å². The molecular formula is C16H24N2O. The van der Waals surface area contributed by atoms with Gasteiger partial charge in [-0.1, -0.05) is 0 Å². The standard InChI is InChI=1S/C16H24N2O/c17-2-1-14-9-18-16(19-14)8-15-12-4-10-3-11(6-12)7-13(15)5-10/h9-13,15H,1-8,17H2. The third-order valence-corrected chi connectivity index (χ3v) is 5.82. The molecule has 4 bridgehead atoms. The molecule has 0 atom stereocenters. The maximum absolute atomic E-state index is 5.84. The minimum atomic E-state index is 0.646. The Kier molecular flexibility index (Phi) is 2.91. The summed E-state index contributed by atoms with van der Waals surface area (Å²) in [5.74, 6) is 6.79. The first-order valence-corrected chi connectivity index (χ1v) is 7.95. The molecule has 5 rings (SSSR count). The Morgan fingerprint density at radius 2 is 1.79 bits per heavy atom. The van der Waals surface area contributed by atoms with Gasteiger partial charge in [0.25, 0.3) is 0 Å². The van der Waals surface area contributed by atoms with E-state index in [1.807, 2.05) is 6.20 Å². The molecule has 1 aromatic heterocycles. The molecule has 104 valence electrons. The van der Waals surface area contributed by atoms with Crippen LogP contribution in [0.15, 0.2) is 10.6 Å². The van der Waals surface area contributed by atoms with Gasteiger partial charge in [0, 0.05) is 12.8 Å². The van der Waals surface area contributed by atoms with Crippen molar-refractivity contribution in [3.63, 3.8) is 0 Å². The summed E-state index contributed by atoms with van der Waals surface area (Å²) >= 11 is 0. The third kappa shape index (κ3) is 2.12. The molecule has 19 heavy (non-hydrogen) atoms. The average molecular weight is 260 g/mol. The molecule has 3 heteroatoms. The molecule has 0 saturated heterocycles. The van der Waals surface area contributed by atoms with Gasteiger partial charge in [-0.25, -0.2) is 4.98 Å².